The third kappa shape index (κ3) is 3.23. The quantitative estimate of drug-likeness (QED) is 0.378. The number of halogens is 1. The molecule has 3 aromatic carbocycles. The Hall–Kier alpha value is -4.04. The van der Waals surface area contributed by atoms with Crippen LogP contribution in [0.25, 0.3) is 44.2 Å². The maximum atomic E-state index is 13.3. The Morgan fingerprint density at radius 2 is 1.58 bits per heavy atom. The molecule has 0 radical (unpaired) electrons. The standard InChI is InChI=1S/C26H19FN4/c1-26(2,15-28)19-8-3-17(4-9-19)25-24-21-13-18(16-5-10-20(27)11-6-16)7-12-22(21)29-14-23(24)30-31-25/h3-14H,1-2H3,(H,30,31). The third-order valence-corrected chi connectivity index (χ3v) is 5.73. The highest BCUT2D eigenvalue weighted by molar-refractivity contribution is 6.11. The number of benzene rings is 3. The van der Waals surface area contributed by atoms with Gasteiger partial charge >= 0.3 is 0 Å². The second kappa shape index (κ2) is 7.03. The lowest BCUT2D eigenvalue weighted by Gasteiger charge is -2.15. The molecule has 0 bridgehead atoms. The van der Waals surface area contributed by atoms with Gasteiger partial charge in [0.25, 0.3) is 0 Å². The van der Waals surface area contributed by atoms with Gasteiger partial charge in [0.2, 0.25) is 0 Å². The van der Waals surface area contributed by atoms with Crippen molar-refractivity contribution in [3.05, 3.63) is 84.3 Å². The van der Waals surface area contributed by atoms with Crippen LogP contribution in [-0.2, 0) is 5.41 Å². The van der Waals surface area contributed by atoms with Crippen LogP contribution in [0.15, 0.2) is 72.9 Å². The van der Waals surface area contributed by atoms with Gasteiger partial charge in [0.15, 0.2) is 0 Å². The number of hydrogen-bond donors (Lipinski definition) is 1. The first-order chi connectivity index (χ1) is 15.0. The number of rotatable bonds is 3. The third-order valence-electron chi connectivity index (χ3n) is 5.73. The number of nitrogens with one attached hydrogen (secondary N) is 1. The number of hydrogen-bond acceptors (Lipinski definition) is 3. The van der Waals surface area contributed by atoms with Crippen LogP contribution in [-0.4, -0.2) is 15.2 Å². The summed E-state index contributed by atoms with van der Waals surface area (Å²) in [5.41, 5.74) is 5.84. The number of aromatic amines is 1. The smallest absolute Gasteiger partial charge is 0.123 e. The van der Waals surface area contributed by atoms with Crippen molar-refractivity contribution in [2.24, 2.45) is 0 Å². The fraction of sp³-hybridized carbons (Fsp3) is 0.115. The normalized spacial score (nSPS) is 11.7. The fourth-order valence-electron chi connectivity index (χ4n) is 3.84. The van der Waals surface area contributed by atoms with Crippen LogP contribution in [0.1, 0.15) is 19.4 Å². The van der Waals surface area contributed by atoms with Crippen molar-refractivity contribution in [2.75, 3.05) is 0 Å². The number of fused-ring (bicyclic) bond motifs is 3. The predicted molar refractivity (Wildman–Crippen MR) is 121 cm³/mol. The molecule has 5 rings (SSSR count). The molecule has 2 heterocycles. The van der Waals surface area contributed by atoms with E-state index in [4.69, 9.17) is 0 Å². The van der Waals surface area contributed by atoms with Gasteiger partial charge in [-0.3, -0.25) is 10.1 Å². The number of pyridine rings is 1. The maximum absolute atomic E-state index is 13.3. The maximum Gasteiger partial charge on any atom is 0.123 e. The van der Waals surface area contributed by atoms with Crippen molar-refractivity contribution in [2.45, 2.75) is 19.3 Å². The first-order valence-corrected chi connectivity index (χ1v) is 10.0. The van der Waals surface area contributed by atoms with E-state index < -0.39 is 5.41 Å². The van der Waals surface area contributed by atoms with E-state index in [2.05, 4.69) is 27.3 Å². The molecule has 4 nitrogen and oxygen atoms in total. The summed E-state index contributed by atoms with van der Waals surface area (Å²) in [5, 5.41) is 19.0. The molecule has 0 aliphatic rings. The van der Waals surface area contributed by atoms with Crippen molar-refractivity contribution in [1.82, 2.24) is 15.2 Å². The summed E-state index contributed by atoms with van der Waals surface area (Å²) in [6.07, 6.45) is 1.79. The lowest BCUT2D eigenvalue weighted by molar-refractivity contribution is 0.628. The lowest BCUT2D eigenvalue weighted by atomic mass is 9.86. The highest BCUT2D eigenvalue weighted by Crippen LogP contribution is 2.35. The highest BCUT2D eigenvalue weighted by Gasteiger charge is 2.20. The number of H-pyrrole nitrogens is 1. The topological polar surface area (TPSA) is 65.4 Å². The van der Waals surface area contributed by atoms with E-state index in [9.17, 15) is 9.65 Å². The van der Waals surface area contributed by atoms with Crippen LogP contribution >= 0.6 is 0 Å². The molecule has 2 aromatic heterocycles. The summed E-state index contributed by atoms with van der Waals surface area (Å²) in [4.78, 5) is 4.56. The van der Waals surface area contributed by atoms with Crippen molar-refractivity contribution in [1.29, 1.82) is 5.26 Å². The van der Waals surface area contributed by atoms with Gasteiger partial charge in [-0.25, -0.2) is 4.39 Å². The van der Waals surface area contributed by atoms with Gasteiger partial charge in [-0.1, -0.05) is 42.5 Å². The number of nitriles is 1. The SMILES string of the molecule is CC(C)(C#N)c1ccc(-c2n[nH]c3cnc4ccc(-c5ccc(F)cc5)cc4c23)cc1. The summed E-state index contributed by atoms with van der Waals surface area (Å²) >= 11 is 0. The molecule has 0 unspecified atom stereocenters. The van der Waals surface area contributed by atoms with Gasteiger partial charge in [0, 0.05) is 16.3 Å². The molecule has 0 spiro atoms. The average Bonchev–Trinajstić information content (AvgIpc) is 3.24. The number of aromatic nitrogens is 3. The van der Waals surface area contributed by atoms with Crippen LogP contribution in [0.2, 0.25) is 0 Å². The zero-order valence-electron chi connectivity index (χ0n) is 17.1. The Morgan fingerprint density at radius 3 is 2.29 bits per heavy atom. The average molecular weight is 406 g/mol. The molecule has 0 amide bonds. The molecular formula is C26H19FN4. The van der Waals surface area contributed by atoms with Crippen LogP contribution in [0.5, 0.6) is 0 Å². The second-order valence-electron chi connectivity index (χ2n) is 8.17. The summed E-state index contributed by atoms with van der Waals surface area (Å²) in [6, 6.07) is 22.8. The molecule has 31 heavy (non-hydrogen) atoms. The zero-order chi connectivity index (χ0) is 21.6. The van der Waals surface area contributed by atoms with E-state index in [-0.39, 0.29) is 5.82 Å². The van der Waals surface area contributed by atoms with Crippen molar-refractivity contribution < 1.29 is 4.39 Å². The largest absolute Gasteiger partial charge is 0.276 e. The molecule has 0 aliphatic carbocycles. The minimum atomic E-state index is -0.549. The molecule has 5 aromatic rings. The van der Waals surface area contributed by atoms with Crippen LogP contribution in [0.4, 0.5) is 4.39 Å². The van der Waals surface area contributed by atoms with E-state index in [1.165, 1.54) is 12.1 Å². The molecule has 1 N–H and O–H groups in total. The zero-order valence-corrected chi connectivity index (χ0v) is 17.1. The van der Waals surface area contributed by atoms with E-state index in [0.29, 0.717) is 0 Å². The van der Waals surface area contributed by atoms with Crippen LogP contribution in [0, 0.1) is 17.1 Å². The highest BCUT2D eigenvalue weighted by atomic mass is 19.1. The van der Waals surface area contributed by atoms with Gasteiger partial charge in [0.1, 0.15) is 11.5 Å². The Bertz CT molecular complexity index is 1460. The van der Waals surface area contributed by atoms with Crippen molar-refractivity contribution in [3.63, 3.8) is 0 Å². The van der Waals surface area contributed by atoms with Crippen LogP contribution < -0.4 is 0 Å². The summed E-state index contributed by atoms with van der Waals surface area (Å²) in [7, 11) is 0. The molecule has 0 saturated heterocycles. The first-order valence-electron chi connectivity index (χ1n) is 10.0. The van der Waals surface area contributed by atoms with Crippen molar-refractivity contribution in [3.8, 4) is 28.5 Å². The minimum absolute atomic E-state index is 0.256. The van der Waals surface area contributed by atoms with E-state index >= 15 is 0 Å². The van der Waals surface area contributed by atoms with E-state index in [0.717, 1.165) is 49.8 Å². The lowest BCUT2D eigenvalue weighted by Crippen LogP contribution is -2.13. The Morgan fingerprint density at radius 1 is 0.903 bits per heavy atom. The van der Waals surface area contributed by atoms with Gasteiger partial charge in [-0.05, 0) is 54.8 Å². The van der Waals surface area contributed by atoms with Gasteiger partial charge in [-0.15, -0.1) is 0 Å². The summed E-state index contributed by atoms with van der Waals surface area (Å²) in [6.45, 7) is 3.81. The van der Waals surface area contributed by atoms with Gasteiger partial charge in [-0.2, -0.15) is 10.4 Å². The van der Waals surface area contributed by atoms with Crippen LogP contribution in [0.3, 0.4) is 0 Å². The fourth-order valence-corrected chi connectivity index (χ4v) is 3.84. The second-order valence-corrected chi connectivity index (χ2v) is 8.17. The van der Waals surface area contributed by atoms with E-state index in [1.54, 1.807) is 18.3 Å². The van der Waals surface area contributed by atoms with Crippen molar-refractivity contribution >= 4 is 21.8 Å². The Labute approximate surface area is 179 Å². The molecule has 150 valence electrons. The Kier molecular flexibility index (Phi) is 4.30. The molecule has 0 saturated carbocycles. The summed E-state index contributed by atoms with van der Waals surface area (Å²) < 4.78 is 13.3. The Balaban J connectivity index is 1.68. The molecule has 0 fully saturated rings. The molecule has 0 atom stereocenters. The number of nitrogens with zero attached hydrogens (tertiary/aromatic N) is 3. The molecule has 5 heteroatoms. The summed E-state index contributed by atoms with van der Waals surface area (Å²) in [5.74, 6) is -0.256. The molecular weight excluding hydrogens is 387 g/mol. The monoisotopic (exact) mass is 406 g/mol. The van der Waals surface area contributed by atoms with Gasteiger partial charge < -0.3 is 0 Å². The predicted octanol–water partition coefficient (Wildman–Crippen LogP) is 6.39. The molecule has 0 aliphatic heterocycles. The van der Waals surface area contributed by atoms with Gasteiger partial charge in [0.05, 0.1) is 28.7 Å². The minimum Gasteiger partial charge on any atom is -0.276 e. The first kappa shape index (κ1) is 19.0. The van der Waals surface area contributed by atoms with E-state index in [1.807, 2.05) is 50.2 Å².